The van der Waals surface area contributed by atoms with Crippen molar-refractivity contribution >= 4 is 0 Å². The fourth-order valence-electron chi connectivity index (χ4n) is 9.66. The van der Waals surface area contributed by atoms with Crippen LogP contribution in [0.2, 0.25) is 0 Å². The molecule has 5 aliphatic carbocycles. The number of hydrogen-bond donors (Lipinski definition) is 1. The maximum Gasteiger partial charge on any atom is 0.0594 e. The normalized spacial score (nSPS) is 46.8. The molecule has 7 atom stereocenters. The maximum atomic E-state index is 10.8. The van der Waals surface area contributed by atoms with Gasteiger partial charge in [-0.05, 0) is 116 Å². The van der Waals surface area contributed by atoms with Gasteiger partial charge in [0.2, 0.25) is 0 Å². The molecule has 0 heterocycles. The molecule has 0 amide bonds. The van der Waals surface area contributed by atoms with Crippen LogP contribution in [0, 0.1) is 39.4 Å². The zero-order chi connectivity index (χ0) is 22.2. The summed E-state index contributed by atoms with van der Waals surface area (Å²) >= 11 is 0. The Morgan fingerprint density at radius 3 is 2.35 bits per heavy atom. The van der Waals surface area contributed by atoms with Gasteiger partial charge < -0.3 is 5.11 Å². The third kappa shape index (κ3) is 3.11. The van der Waals surface area contributed by atoms with E-state index in [1.165, 1.54) is 70.6 Å². The smallest absolute Gasteiger partial charge is 0.0594 e. The predicted molar refractivity (Wildman–Crippen MR) is 131 cm³/mol. The maximum absolute atomic E-state index is 10.8. The Morgan fingerprint density at radius 2 is 1.65 bits per heavy atom. The van der Waals surface area contributed by atoms with E-state index in [0.717, 1.165) is 18.3 Å². The molecule has 31 heavy (non-hydrogen) atoms. The minimum Gasteiger partial charge on any atom is -0.393 e. The van der Waals surface area contributed by atoms with Crippen molar-refractivity contribution in [1.29, 1.82) is 0 Å². The van der Waals surface area contributed by atoms with Gasteiger partial charge in [0.25, 0.3) is 0 Å². The third-order valence-corrected chi connectivity index (χ3v) is 12.1. The monoisotopic (exact) mass is 424 g/mol. The van der Waals surface area contributed by atoms with Gasteiger partial charge >= 0.3 is 0 Å². The molecule has 3 saturated carbocycles. The van der Waals surface area contributed by atoms with Crippen molar-refractivity contribution < 1.29 is 5.11 Å². The van der Waals surface area contributed by atoms with Gasteiger partial charge in [-0.1, -0.05) is 64.3 Å². The summed E-state index contributed by atoms with van der Waals surface area (Å²) in [6.45, 7) is 15.2. The highest BCUT2D eigenvalue weighted by atomic mass is 16.3. The molecule has 0 aliphatic heterocycles. The number of aliphatic hydroxyl groups is 1. The van der Waals surface area contributed by atoms with Gasteiger partial charge in [0.15, 0.2) is 0 Å². The van der Waals surface area contributed by atoms with Crippen LogP contribution < -0.4 is 0 Å². The van der Waals surface area contributed by atoms with E-state index in [0.29, 0.717) is 22.2 Å². The van der Waals surface area contributed by atoms with Gasteiger partial charge in [-0.3, -0.25) is 0 Å². The van der Waals surface area contributed by atoms with Crippen LogP contribution in [-0.4, -0.2) is 11.2 Å². The molecular formula is C30H48O. The van der Waals surface area contributed by atoms with Crippen molar-refractivity contribution in [2.24, 2.45) is 39.4 Å². The Morgan fingerprint density at radius 1 is 0.903 bits per heavy atom. The van der Waals surface area contributed by atoms with E-state index in [4.69, 9.17) is 0 Å². The van der Waals surface area contributed by atoms with Gasteiger partial charge in [-0.2, -0.15) is 0 Å². The fourth-order valence-corrected chi connectivity index (χ4v) is 9.66. The summed E-state index contributed by atoms with van der Waals surface area (Å²) in [6.07, 6.45) is 18.2. The Hall–Kier alpha value is -0.560. The van der Waals surface area contributed by atoms with Crippen LogP contribution in [0.25, 0.3) is 0 Å². The van der Waals surface area contributed by atoms with E-state index in [2.05, 4.69) is 47.6 Å². The highest BCUT2D eigenvalue weighted by molar-refractivity contribution is 5.38. The Kier molecular flexibility index (Phi) is 5.18. The molecule has 0 saturated heterocycles. The summed E-state index contributed by atoms with van der Waals surface area (Å²) in [5, 5.41) is 10.8. The number of allylic oxidation sites excluding steroid dienone is 4. The number of hydrogen-bond acceptors (Lipinski definition) is 1. The first-order chi connectivity index (χ1) is 14.5. The topological polar surface area (TPSA) is 20.2 Å². The summed E-state index contributed by atoms with van der Waals surface area (Å²) in [7, 11) is 0. The van der Waals surface area contributed by atoms with Crippen LogP contribution in [0.1, 0.15) is 119 Å². The van der Waals surface area contributed by atoms with E-state index in [1.54, 1.807) is 5.57 Å². The molecule has 174 valence electrons. The van der Waals surface area contributed by atoms with Crippen LogP contribution >= 0.6 is 0 Å². The van der Waals surface area contributed by atoms with Crippen LogP contribution in [0.5, 0.6) is 0 Å². The van der Waals surface area contributed by atoms with Crippen molar-refractivity contribution in [2.45, 2.75) is 125 Å². The molecule has 0 bridgehead atoms. The lowest BCUT2D eigenvalue weighted by molar-refractivity contribution is -0.0962. The summed E-state index contributed by atoms with van der Waals surface area (Å²) in [6, 6.07) is 0. The molecule has 5 aliphatic rings. The molecule has 0 spiro atoms. The molecule has 0 aromatic heterocycles. The van der Waals surface area contributed by atoms with Crippen LogP contribution in [-0.2, 0) is 0 Å². The lowest BCUT2D eigenvalue weighted by atomic mass is 9.43. The van der Waals surface area contributed by atoms with Crippen molar-refractivity contribution in [2.75, 3.05) is 0 Å². The average molecular weight is 425 g/mol. The second-order valence-corrected chi connectivity index (χ2v) is 13.7. The third-order valence-electron chi connectivity index (χ3n) is 12.1. The quantitative estimate of drug-likeness (QED) is 0.450. The van der Waals surface area contributed by atoms with Crippen LogP contribution in [0.4, 0.5) is 0 Å². The first-order valence-electron chi connectivity index (χ1n) is 13.6. The van der Waals surface area contributed by atoms with Gasteiger partial charge in [0.05, 0.1) is 6.10 Å². The van der Waals surface area contributed by atoms with Crippen molar-refractivity contribution in [1.82, 2.24) is 0 Å². The van der Waals surface area contributed by atoms with Crippen molar-refractivity contribution in [3.8, 4) is 0 Å². The van der Waals surface area contributed by atoms with E-state index in [1.807, 2.05) is 11.1 Å². The van der Waals surface area contributed by atoms with Crippen molar-refractivity contribution in [3.63, 3.8) is 0 Å². The Bertz CT molecular complexity index is 795. The standard InChI is InChI=1S/C30H48O/c1-20(8-7-9-21-10-11-21)22-14-18-30(6)24-12-13-25-27(2,3)26(31)16-17-28(25,4)23(24)15-19-29(22,30)5/h9,20,22,25-26,31H,7-8,10-19H2,1-6H3/t20-,22-,25?,26+,28-,29-,30+/m1/s1. The first kappa shape index (κ1) is 22.2. The molecule has 0 radical (unpaired) electrons. The molecule has 1 heteroatoms. The van der Waals surface area contributed by atoms with Gasteiger partial charge in [0.1, 0.15) is 0 Å². The van der Waals surface area contributed by atoms with Crippen LogP contribution in [0.3, 0.4) is 0 Å². The summed E-state index contributed by atoms with van der Waals surface area (Å²) < 4.78 is 0. The average Bonchev–Trinajstić information content (AvgIpc) is 3.48. The van der Waals surface area contributed by atoms with E-state index in [9.17, 15) is 5.11 Å². The van der Waals surface area contributed by atoms with E-state index >= 15 is 0 Å². The second kappa shape index (κ2) is 7.22. The molecule has 5 rings (SSSR count). The van der Waals surface area contributed by atoms with E-state index in [-0.39, 0.29) is 11.5 Å². The van der Waals surface area contributed by atoms with Gasteiger partial charge in [0, 0.05) is 0 Å². The zero-order valence-corrected chi connectivity index (χ0v) is 21.3. The summed E-state index contributed by atoms with van der Waals surface area (Å²) in [5.41, 5.74) is 6.72. The summed E-state index contributed by atoms with van der Waals surface area (Å²) in [4.78, 5) is 0. The lowest BCUT2D eigenvalue weighted by Gasteiger charge is -2.62. The molecule has 1 nitrogen and oxygen atoms in total. The van der Waals surface area contributed by atoms with Crippen LogP contribution in [0.15, 0.2) is 22.8 Å². The number of rotatable bonds is 4. The fraction of sp³-hybridized carbons (Fsp3) is 0.867. The summed E-state index contributed by atoms with van der Waals surface area (Å²) in [5.74, 6) is 2.38. The highest BCUT2D eigenvalue weighted by Crippen LogP contribution is 2.72. The second-order valence-electron chi connectivity index (χ2n) is 13.7. The lowest BCUT2D eigenvalue weighted by Crippen LogP contribution is -2.55. The Labute approximate surface area is 192 Å². The van der Waals surface area contributed by atoms with Crippen molar-refractivity contribution in [3.05, 3.63) is 22.8 Å². The predicted octanol–water partition coefficient (Wildman–Crippen LogP) is 8.23. The molecule has 3 fully saturated rings. The van der Waals surface area contributed by atoms with Gasteiger partial charge in [-0.25, -0.2) is 0 Å². The minimum absolute atomic E-state index is 0.0516. The first-order valence-corrected chi connectivity index (χ1v) is 13.6. The molecule has 0 aromatic carbocycles. The molecular weight excluding hydrogens is 376 g/mol. The molecule has 1 N–H and O–H groups in total. The highest BCUT2D eigenvalue weighted by Gasteiger charge is 2.63. The largest absolute Gasteiger partial charge is 0.393 e. The molecule has 1 unspecified atom stereocenters. The minimum atomic E-state index is -0.125. The zero-order valence-electron chi connectivity index (χ0n) is 21.3. The Balaban J connectivity index is 1.44. The SMILES string of the molecule is C[C@H](CCC=C1CC1)[C@H]1CC[C@@]2(C)C3=C(CC[C@]12C)[C@@]1(C)CC[C@H](O)C(C)(C)C1CC3. The van der Waals surface area contributed by atoms with E-state index < -0.39 is 0 Å². The number of aliphatic hydroxyl groups excluding tert-OH is 1. The molecule has 0 aromatic rings. The van der Waals surface area contributed by atoms with Gasteiger partial charge in [-0.15, -0.1) is 0 Å². The number of fused-ring (bicyclic) bond motifs is 4.